The number of pyridine rings is 1. The molecule has 154 valence electrons. The van der Waals surface area contributed by atoms with Crippen molar-refractivity contribution in [2.24, 2.45) is 0 Å². The first kappa shape index (κ1) is 21.0. The summed E-state index contributed by atoms with van der Waals surface area (Å²) in [6.45, 7) is -0.159. The molecule has 1 amide bonds. The van der Waals surface area contributed by atoms with Crippen LogP contribution in [-0.2, 0) is 11.0 Å². The maximum atomic E-state index is 12.8. The summed E-state index contributed by atoms with van der Waals surface area (Å²) < 4.78 is 40.3. The number of halogens is 3. The second kappa shape index (κ2) is 9.17. The SMILES string of the molecule is CSCCC(NC(=O)CNc1cccc(C(F)(F)F)c1)c1nnc2ccccn12. The van der Waals surface area contributed by atoms with Gasteiger partial charge in [0.2, 0.25) is 5.91 Å². The number of thioether (sulfide) groups is 1. The van der Waals surface area contributed by atoms with Gasteiger partial charge in [-0.15, -0.1) is 10.2 Å². The average Bonchev–Trinajstić information content (AvgIpc) is 3.13. The van der Waals surface area contributed by atoms with Crippen LogP contribution in [0.25, 0.3) is 5.65 Å². The third-order valence-electron chi connectivity index (χ3n) is 4.24. The Balaban J connectivity index is 1.68. The van der Waals surface area contributed by atoms with E-state index < -0.39 is 11.7 Å². The third-order valence-corrected chi connectivity index (χ3v) is 4.88. The average molecular weight is 423 g/mol. The standard InChI is InChI=1S/C19H20F3N5OS/c1-29-10-8-15(18-26-25-16-7-2-3-9-27(16)18)24-17(28)12-23-14-6-4-5-13(11-14)19(20,21)22/h2-7,9,11,15,23H,8,10,12H2,1H3,(H,24,28). The van der Waals surface area contributed by atoms with Crippen LogP contribution in [0.1, 0.15) is 23.9 Å². The summed E-state index contributed by atoms with van der Waals surface area (Å²) in [5.74, 6) is 1.07. The molecule has 0 aliphatic carbocycles. The Kier molecular flexibility index (Phi) is 6.63. The van der Waals surface area contributed by atoms with Crippen molar-refractivity contribution in [3.63, 3.8) is 0 Å². The van der Waals surface area contributed by atoms with E-state index in [-0.39, 0.29) is 24.2 Å². The zero-order valence-electron chi connectivity index (χ0n) is 15.6. The van der Waals surface area contributed by atoms with E-state index in [1.807, 2.05) is 35.1 Å². The molecule has 0 radical (unpaired) electrons. The Morgan fingerprint density at radius 3 is 2.79 bits per heavy atom. The number of rotatable bonds is 8. The second-order valence-corrected chi connectivity index (χ2v) is 7.31. The number of hydrogen-bond acceptors (Lipinski definition) is 5. The molecule has 2 aromatic heterocycles. The number of carbonyl (C=O) groups is 1. The first-order chi connectivity index (χ1) is 13.9. The number of hydrogen-bond donors (Lipinski definition) is 2. The number of nitrogens with one attached hydrogen (secondary N) is 2. The molecular weight excluding hydrogens is 403 g/mol. The largest absolute Gasteiger partial charge is 0.416 e. The summed E-state index contributed by atoms with van der Waals surface area (Å²) in [4.78, 5) is 12.4. The Labute approximate surface area is 169 Å². The summed E-state index contributed by atoms with van der Waals surface area (Å²) in [6.07, 6.45) is 0.00351. The van der Waals surface area contributed by atoms with E-state index in [9.17, 15) is 18.0 Å². The van der Waals surface area contributed by atoms with E-state index >= 15 is 0 Å². The minimum Gasteiger partial charge on any atom is -0.376 e. The molecule has 0 saturated heterocycles. The number of benzene rings is 1. The lowest BCUT2D eigenvalue weighted by molar-refractivity contribution is -0.137. The molecule has 0 spiro atoms. The van der Waals surface area contributed by atoms with Crippen molar-refractivity contribution >= 4 is 29.0 Å². The van der Waals surface area contributed by atoms with Gasteiger partial charge in [-0.2, -0.15) is 24.9 Å². The molecule has 3 rings (SSSR count). The zero-order valence-corrected chi connectivity index (χ0v) is 16.4. The predicted octanol–water partition coefficient (Wildman–Crippen LogP) is 3.77. The molecule has 0 saturated carbocycles. The summed E-state index contributed by atoms with van der Waals surface area (Å²) >= 11 is 1.64. The van der Waals surface area contributed by atoms with Crippen LogP contribution in [0.2, 0.25) is 0 Å². The fraction of sp³-hybridized carbons (Fsp3) is 0.316. The summed E-state index contributed by atoms with van der Waals surface area (Å²) in [5.41, 5.74) is 0.132. The van der Waals surface area contributed by atoms with E-state index in [0.717, 1.165) is 17.9 Å². The molecule has 6 nitrogen and oxygen atoms in total. The normalized spacial score (nSPS) is 12.7. The van der Waals surface area contributed by atoms with Crippen molar-refractivity contribution in [3.05, 3.63) is 60.0 Å². The quantitative estimate of drug-likeness (QED) is 0.577. The van der Waals surface area contributed by atoms with Gasteiger partial charge in [0.25, 0.3) is 0 Å². The van der Waals surface area contributed by atoms with Crippen LogP contribution in [0.5, 0.6) is 0 Å². The molecule has 2 N–H and O–H groups in total. The van der Waals surface area contributed by atoms with Gasteiger partial charge >= 0.3 is 6.18 Å². The fourth-order valence-corrected chi connectivity index (χ4v) is 3.30. The van der Waals surface area contributed by atoms with Crippen molar-refractivity contribution in [2.45, 2.75) is 18.6 Å². The van der Waals surface area contributed by atoms with Crippen LogP contribution < -0.4 is 10.6 Å². The molecule has 2 heterocycles. The lowest BCUT2D eigenvalue weighted by Crippen LogP contribution is -2.34. The van der Waals surface area contributed by atoms with Crippen molar-refractivity contribution in [1.82, 2.24) is 19.9 Å². The molecular formula is C19H20F3N5OS. The molecule has 3 aromatic rings. The highest BCUT2D eigenvalue weighted by Gasteiger charge is 2.30. The van der Waals surface area contributed by atoms with E-state index in [1.54, 1.807) is 11.8 Å². The van der Waals surface area contributed by atoms with Crippen LogP contribution in [0.3, 0.4) is 0 Å². The van der Waals surface area contributed by atoms with Crippen LogP contribution in [0.4, 0.5) is 18.9 Å². The molecule has 0 aliphatic rings. The Morgan fingerprint density at radius 2 is 2.03 bits per heavy atom. The Bertz CT molecular complexity index is 976. The molecule has 1 unspecified atom stereocenters. The lowest BCUT2D eigenvalue weighted by atomic mass is 10.2. The number of aromatic nitrogens is 3. The maximum Gasteiger partial charge on any atom is 0.416 e. The molecule has 0 aliphatic heterocycles. The molecule has 0 bridgehead atoms. The lowest BCUT2D eigenvalue weighted by Gasteiger charge is -2.17. The van der Waals surface area contributed by atoms with Crippen molar-refractivity contribution in [1.29, 1.82) is 0 Å². The number of nitrogens with zero attached hydrogens (tertiary/aromatic N) is 3. The summed E-state index contributed by atoms with van der Waals surface area (Å²) in [7, 11) is 0. The van der Waals surface area contributed by atoms with Crippen LogP contribution in [0, 0.1) is 0 Å². The molecule has 10 heteroatoms. The van der Waals surface area contributed by atoms with E-state index in [4.69, 9.17) is 0 Å². The highest BCUT2D eigenvalue weighted by Crippen LogP contribution is 2.30. The third kappa shape index (κ3) is 5.41. The van der Waals surface area contributed by atoms with Gasteiger partial charge < -0.3 is 10.6 Å². The van der Waals surface area contributed by atoms with Crippen LogP contribution in [0.15, 0.2) is 48.7 Å². The van der Waals surface area contributed by atoms with E-state index in [1.165, 1.54) is 12.1 Å². The Morgan fingerprint density at radius 1 is 1.21 bits per heavy atom. The van der Waals surface area contributed by atoms with Gasteiger partial charge in [0.1, 0.15) is 0 Å². The number of anilines is 1. The van der Waals surface area contributed by atoms with E-state index in [0.29, 0.717) is 17.9 Å². The number of amides is 1. The topological polar surface area (TPSA) is 71.3 Å². The van der Waals surface area contributed by atoms with Gasteiger partial charge in [0.15, 0.2) is 11.5 Å². The summed E-state index contributed by atoms with van der Waals surface area (Å²) in [5, 5.41) is 14.0. The van der Waals surface area contributed by atoms with Gasteiger partial charge in [0.05, 0.1) is 18.2 Å². The van der Waals surface area contributed by atoms with Gasteiger partial charge in [-0.3, -0.25) is 9.20 Å². The first-order valence-corrected chi connectivity index (χ1v) is 10.3. The molecule has 1 atom stereocenters. The first-order valence-electron chi connectivity index (χ1n) is 8.87. The summed E-state index contributed by atoms with van der Waals surface area (Å²) in [6, 6.07) is 9.90. The fourth-order valence-electron chi connectivity index (χ4n) is 2.83. The zero-order chi connectivity index (χ0) is 20.9. The minimum absolute atomic E-state index is 0.159. The Hall–Kier alpha value is -2.75. The van der Waals surface area contributed by atoms with Crippen LogP contribution >= 0.6 is 11.8 Å². The highest BCUT2D eigenvalue weighted by molar-refractivity contribution is 7.98. The monoisotopic (exact) mass is 423 g/mol. The van der Waals surface area contributed by atoms with Crippen molar-refractivity contribution in [3.8, 4) is 0 Å². The van der Waals surface area contributed by atoms with Crippen molar-refractivity contribution in [2.75, 3.05) is 23.9 Å². The number of fused-ring (bicyclic) bond motifs is 1. The molecule has 0 fully saturated rings. The number of alkyl halides is 3. The smallest absolute Gasteiger partial charge is 0.376 e. The van der Waals surface area contributed by atoms with E-state index in [2.05, 4.69) is 20.8 Å². The minimum atomic E-state index is -4.43. The second-order valence-electron chi connectivity index (χ2n) is 6.32. The van der Waals surface area contributed by atoms with Crippen LogP contribution in [-0.4, -0.2) is 39.1 Å². The van der Waals surface area contributed by atoms with Gasteiger partial charge in [-0.05, 0) is 48.8 Å². The van der Waals surface area contributed by atoms with Gasteiger partial charge in [0, 0.05) is 11.9 Å². The van der Waals surface area contributed by atoms with Crippen molar-refractivity contribution < 1.29 is 18.0 Å². The molecule has 1 aromatic carbocycles. The highest BCUT2D eigenvalue weighted by atomic mass is 32.2. The van der Waals surface area contributed by atoms with Gasteiger partial charge in [-0.25, -0.2) is 0 Å². The predicted molar refractivity (Wildman–Crippen MR) is 107 cm³/mol. The molecule has 29 heavy (non-hydrogen) atoms. The maximum absolute atomic E-state index is 12.8. The number of carbonyl (C=O) groups excluding carboxylic acids is 1. The van der Waals surface area contributed by atoms with Gasteiger partial charge in [-0.1, -0.05) is 12.1 Å².